The number of halogens is 1. The van der Waals surface area contributed by atoms with Crippen LogP contribution in [0, 0.1) is 11.3 Å². The Kier molecular flexibility index (Phi) is 3.68. The minimum absolute atomic E-state index is 0.217. The largest absolute Gasteiger partial charge is 0.377 e. The molecule has 2 saturated carbocycles. The van der Waals surface area contributed by atoms with E-state index in [9.17, 15) is 0 Å². The fourth-order valence-electron chi connectivity index (χ4n) is 3.75. The second-order valence-electron chi connectivity index (χ2n) is 7.04. The van der Waals surface area contributed by atoms with E-state index >= 15 is 0 Å². The molecule has 2 heterocycles. The molecular formula is C17H23ClN2O. The molecule has 2 unspecified atom stereocenters. The van der Waals surface area contributed by atoms with E-state index in [1.165, 1.54) is 31.2 Å². The van der Waals surface area contributed by atoms with Gasteiger partial charge in [0.25, 0.3) is 0 Å². The van der Waals surface area contributed by atoms with E-state index in [0.29, 0.717) is 6.10 Å². The Morgan fingerprint density at radius 1 is 1.33 bits per heavy atom. The average Bonchev–Trinajstić information content (AvgIpc) is 3.40. The summed E-state index contributed by atoms with van der Waals surface area (Å²) < 4.78 is 6.16. The summed E-state index contributed by atoms with van der Waals surface area (Å²) in [6.45, 7) is 1.97. The monoisotopic (exact) mass is 306 g/mol. The highest BCUT2D eigenvalue weighted by atomic mass is 35.5. The maximum Gasteiger partial charge on any atom is 0.0675 e. The van der Waals surface area contributed by atoms with Gasteiger partial charge in [0.2, 0.25) is 0 Å². The zero-order chi connectivity index (χ0) is 14.3. The molecule has 0 bridgehead atoms. The maximum atomic E-state index is 6.36. The number of aromatic nitrogens is 1. The van der Waals surface area contributed by atoms with Gasteiger partial charge in [0.1, 0.15) is 0 Å². The fourth-order valence-corrected chi connectivity index (χ4v) is 3.93. The van der Waals surface area contributed by atoms with Gasteiger partial charge in [0, 0.05) is 37.0 Å². The highest BCUT2D eigenvalue weighted by Crippen LogP contribution is 2.49. The van der Waals surface area contributed by atoms with Crippen molar-refractivity contribution in [2.75, 3.05) is 13.2 Å². The second kappa shape index (κ2) is 5.53. The lowest BCUT2D eigenvalue weighted by Crippen LogP contribution is -2.44. The molecule has 21 heavy (non-hydrogen) atoms. The number of rotatable bonds is 6. The third-order valence-corrected chi connectivity index (χ3v) is 5.61. The average molecular weight is 307 g/mol. The quantitative estimate of drug-likeness (QED) is 0.876. The van der Waals surface area contributed by atoms with E-state index in [4.69, 9.17) is 16.3 Å². The highest BCUT2D eigenvalue weighted by Gasteiger charge is 2.51. The second-order valence-corrected chi connectivity index (χ2v) is 7.45. The number of nitrogens with one attached hydrogen (secondary N) is 1. The van der Waals surface area contributed by atoms with E-state index in [1.54, 1.807) is 6.20 Å². The van der Waals surface area contributed by atoms with Crippen molar-refractivity contribution in [3.63, 3.8) is 0 Å². The molecule has 4 heteroatoms. The first-order valence-electron chi connectivity index (χ1n) is 8.20. The van der Waals surface area contributed by atoms with Gasteiger partial charge in [0.15, 0.2) is 0 Å². The van der Waals surface area contributed by atoms with Gasteiger partial charge in [-0.2, -0.15) is 0 Å². The molecule has 1 aromatic heterocycles. The summed E-state index contributed by atoms with van der Waals surface area (Å²) >= 11 is 6.36. The summed E-state index contributed by atoms with van der Waals surface area (Å²) in [6.07, 6.45) is 11.5. The van der Waals surface area contributed by atoms with Crippen LogP contribution in [0.25, 0.3) is 0 Å². The standard InChI is InChI=1S/C17H23ClN2O/c18-15-10-19-7-5-13(15)9-17(11-20-14-3-4-14)6-8-21-16(17)12-1-2-12/h5,7,10,12,14,16,20H,1-4,6,8-9,11H2. The van der Waals surface area contributed by atoms with Crippen LogP contribution < -0.4 is 5.32 Å². The molecule has 2 atom stereocenters. The van der Waals surface area contributed by atoms with Crippen LogP contribution in [0.2, 0.25) is 5.02 Å². The third kappa shape index (κ3) is 2.96. The molecule has 4 rings (SSSR count). The lowest BCUT2D eigenvalue weighted by molar-refractivity contribution is 0.0305. The van der Waals surface area contributed by atoms with E-state index in [-0.39, 0.29) is 5.41 Å². The Morgan fingerprint density at radius 3 is 2.90 bits per heavy atom. The predicted octanol–water partition coefficient (Wildman–Crippen LogP) is 3.21. The van der Waals surface area contributed by atoms with E-state index in [1.807, 2.05) is 6.20 Å². The van der Waals surface area contributed by atoms with Gasteiger partial charge in [-0.15, -0.1) is 0 Å². The molecule has 1 aromatic rings. The Labute approximate surface area is 131 Å². The summed E-state index contributed by atoms with van der Waals surface area (Å²) in [4.78, 5) is 4.11. The SMILES string of the molecule is Clc1cnccc1CC1(CNC2CC2)CCOC1C1CC1. The van der Waals surface area contributed by atoms with Crippen molar-refractivity contribution < 1.29 is 4.74 Å². The summed E-state index contributed by atoms with van der Waals surface area (Å²) in [7, 11) is 0. The lowest BCUT2D eigenvalue weighted by atomic mass is 9.74. The summed E-state index contributed by atoms with van der Waals surface area (Å²) in [6, 6.07) is 2.82. The molecule has 0 radical (unpaired) electrons. The van der Waals surface area contributed by atoms with Crippen molar-refractivity contribution in [3.05, 3.63) is 29.0 Å². The summed E-state index contributed by atoms with van der Waals surface area (Å²) in [5.74, 6) is 0.772. The van der Waals surface area contributed by atoms with E-state index in [2.05, 4.69) is 16.4 Å². The summed E-state index contributed by atoms with van der Waals surface area (Å²) in [5.41, 5.74) is 1.44. The van der Waals surface area contributed by atoms with Crippen LogP contribution in [0.1, 0.15) is 37.7 Å². The minimum atomic E-state index is 0.217. The summed E-state index contributed by atoms with van der Waals surface area (Å²) in [5, 5.41) is 4.55. The molecule has 3 nitrogen and oxygen atoms in total. The first kappa shape index (κ1) is 14.0. The van der Waals surface area contributed by atoms with Crippen LogP contribution in [0.15, 0.2) is 18.5 Å². The van der Waals surface area contributed by atoms with Crippen molar-refractivity contribution in [1.82, 2.24) is 10.3 Å². The molecule has 1 aliphatic heterocycles. The van der Waals surface area contributed by atoms with Crippen molar-refractivity contribution in [1.29, 1.82) is 0 Å². The first-order valence-corrected chi connectivity index (χ1v) is 8.58. The van der Waals surface area contributed by atoms with Crippen LogP contribution >= 0.6 is 11.6 Å². The molecule has 1 saturated heterocycles. The van der Waals surface area contributed by atoms with Gasteiger partial charge in [-0.3, -0.25) is 4.98 Å². The zero-order valence-electron chi connectivity index (χ0n) is 12.4. The van der Waals surface area contributed by atoms with Crippen LogP contribution in [-0.4, -0.2) is 30.3 Å². The topological polar surface area (TPSA) is 34.2 Å². The normalized spacial score (nSPS) is 32.5. The molecular weight excluding hydrogens is 284 g/mol. The lowest BCUT2D eigenvalue weighted by Gasteiger charge is -2.35. The predicted molar refractivity (Wildman–Crippen MR) is 83.5 cm³/mol. The van der Waals surface area contributed by atoms with Crippen molar-refractivity contribution in [3.8, 4) is 0 Å². The highest BCUT2D eigenvalue weighted by molar-refractivity contribution is 6.31. The Bertz CT molecular complexity index is 515. The van der Waals surface area contributed by atoms with Crippen LogP contribution in [0.4, 0.5) is 0 Å². The minimum Gasteiger partial charge on any atom is -0.377 e. The number of ether oxygens (including phenoxy) is 1. The first-order chi connectivity index (χ1) is 10.3. The number of hydrogen-bond acceptors (Lipinski definition) is 3. The maximum absolute atomic E-state index is 6.36. The van der Waals surface area contributed by atoms with Gasteiger partial charge >= 0.3 is 0 Å². The van der Waals surface area contributed by atoms with E-state index in [0.717, 1.165) is 43.0 Å². The number of pyridine rings is 1. The Morgan fingerprint density at radius 2 is 2.19 bits per heavy atom. The molecule has 0 amide bonds. The van der Waals surface area contributed by atoms with Gasteiger partial charge in [-0.05, 0) is 56.1 Å². The van der Waals surface area contributed by atoms with Gasteiger partial charge in [0.05, 0.1) is 11.1 Å². The van der Waals surface area contributed by atoms with Gasteiger partial charge in [-0.25, -0.2) is 0 Å². The van der Waals surface area contributed by atoms with Crippen molar-refractivity contribution >= 4 is 11.6 Å². The van der Waals surface area contributed by atoms with E-state index < -0.39 is 0 Å². The molecule has 3 aliphatic rings. The number of nitrogens with zero attached hydrogens (tertiary/aromatic N) is 1. The Balaban J connectivity index is 1.57. The number of hydrogen-bond donors (Lipinski definition) is 1. The van der Waals surface area contributed by atoms with Gasteiger partial charge < -0.3 is 10.1 Å². The van der Waals surface area contributed by atoms with Crippen LogP contribution in [0.3, 0.4) is 0 Å². The third-order valence-electron chi connectivity index (χ3n) is 5.27. The van der Waals surface area contributed by atoms with Crippen molar-refractivity contribution in [2.45, 2.75) is 50.7 Å². The molecule has 2 aliphatic carbocycles. The van der Waals surface area contributed by atoms with Crippen molar-refractivity contribution in [2.24, 2.45) is 11.3 Å². The van der Waals surface area contributed by atoms with Gasteiger partial charge in [-0.1, -0.05) is 11.6 Å². The zero-order valence-corrected chi connectivity index (χ0v) is 13.1. The molecule has 1 N–H and O–H groups in total. The smallest absolute Gasteiger partial charge is 0.0675 e. The Hall–Kier alpha value is -0.640. The molecule has 0 spiro atoms. The fraction of sp³-hybridized carbons (Fsp3) is 0.706. The van der Waals surface area contributed by atoms with Crippen LogP contribution in [-0.2, 0) is 11.2 Å². The molecule has 3 fully saturated rings. The molecule has 114 valence electrons. The molecule has 0 aromatic carbocycles. The van der Waals surface area contributed by atoms with Crippen LogP contribution in [0.5, 0.6) is 0 Å².